The summed E-state index contributed by atoms with van der Waals surface area (Å²) in [5.74, 6) is -0.585. The molecule has 0 radical (unpaired) electrons. The minimum Gasteiger partial charge on any atom is -0.462 e. The Labute approximate surface area is 292 Å². The number of hydrogen-bond acceptors (Lipinski definition) is 10. The maximum Gasteiger partial charge on any atom is 0.330 e. The normalized spacial score (nSPS) is 16.8. The van der Waals surface area contributed by atoms with Gasteiger partial charge in [0.15, 0.2) is 0 Å². The number of nitrogens with zero attached hydrogens (tertiary/aromatic N) is 4. The van der Waals surface area contributed by atoms with Gasteiger partial charge < -0.3 is 14.5 Å². The standard InChI is InChI=1S/C36H42N4O6S2/c1-7-10-20-39-29-16-12-14-18-31(29)47-34(39)27(37-5)22-43-45-25-36(4,24-42-33(41)9-3)26-46-44-23-28(38-6)35-40(21-11-8-2)30-17-13-15-19-32(30)48-35/h9,12-19H,3,7-8,10-11,20-26H2,1-2,4H3/b34-27+,35-28+. The van der Waals surface area contributed by atoms with E-state index in [1.165, 1.54) is 0 Å². The molecule has 0 aliphatic carbocycles. The number of rotatable bonds is 19. The third-order valence-electron chi connectivity index (χ3n) is 7.55. The van der Waals surface area contributed by atoms with Crippen molar-refractivity contribution in [3.63, 3.8) is 0 Å². The molecule has 12 heteroatoms. The van der Waals surface area contributed by atoms with Crippen LogP contribution in [-0.2, 0) is 29.1 Å². The molecule has 2 aromatic rings. The van der Waals surface area contributed by atoms with Crippen molar-refractivity contribution in [1.29, 1.82) is 0 Å². The maximum absolute atomic E-state index is 11.9. The van der Waals surface area contributed by atoms with E-state index in [2.05, 4.69) is 64.2 Å². The Kier molecular flexibility index (Phi) is 14.4. The van der Waals surface area contributed by atoms with Gasteiger partial charge in [-0.3, -0.25) is 0 Å². The molecule has 0 bridgehead atoms. The van der Waals surface area contributed by atoms with Gasteiger partial charge in [0.2, 0.25) is 11.4 Å². The number of anilines is 2. The lowest BCUT2D eigenvalue weighted by atomic mass is 9.94. The summed E-state index contributed by atoms with van der Waals surface area (Å²) in [7, 11) is 0. The number of carbonyl (C=O) groups is 1. The molecule has 0 unspecified atom stereocenters. The summed E-state index contributed by atoms with van der Waals surface area (Å²) in [6.07, 6.45) is 5.13. The van der Waals surface area contributed by atoms with Gasteiger partial charge in [0.1, 0.15) is 19.8 Å². The van der Waals surface area contributed by atoms with Crippen LogP contribution in [0, 0.1) is 18.6 Å². The molecule has 0 amide bonds. The molecule has 0 atom stereocenters. The monoisotopic (exact) mass is 690 g/mol. The van der Waals surface area contributed by atoms with Crippen LogP contribution in [0.1, 0.15) is 46.5 Å². The Bertz CT molecular complexity index is 1480. The zero-order chi connectivity index (χ0) is 34.4. The zero-order valence-electron chi connectivity index (χ0n) is 27.7. The van der Waals surface area contributed by atoms with Crippen molar-refractivity contribution in [2.45, 2.75) is 56.2 Å². The number of para-hydroxylation sites is 2. The first-order chi connectivity index (χ1) is 23.4. The van der Waals surface area contributed by atoms with Crippen LogP contribution in [0.2, 0.25) is 0 Å². The number of hydrogen-bond donors (Lipinski definition) is 0. The molecule has 0 saturated carbocycles. The highest BCUT2D eigenvalue weighted by Gasteiger charge is 2.31. The van der Waals surface area contributed by atoms with Gasteiger partial charge in [-0.15, -0.1) is 0 Å². The smallest absolute Gasteiger partial charge is 0.330 e. The molecular formula is C36H42N4O6S2. The van der Waals surface area contributed by atoms with Crippen molar-refractivity contribution in [2.24, 2.45) is 5.41 Å². The Hall–Kier alpha value is -3.75. The van der Waals surface area contributed by atoms with Gasteiger partial charge in [-0.05, 0) is 37.1 Å². The van der Waals surface area contributed by atoms with Crippen molar-refractivity contribution < 1.29 is 29.1 Å². The van der Waals surface area contributed by atoms with Gasteiger partial charge in [-0.1, -0.05) is 88.0 Å². The van der Waals surface area contributed by atoms with Crippen LogP contribution >= 0.6 is 23.5 Å². The Balaban J connectivity index is 1.37. The Morgan fingerprint density at radius 3 is 1.67 bits per heavy atom. The quantitative estimate of drug-likeness (QED) is 0.0357. The molecular weight excluding hydrogens is 649 g/mol. The second-order valence-electron chi connectivity index (χ2n) is 11.5. The summed E-state index contributed by atoms with van der Waals surface area (Å²) in [5, 5.41) is 1.67. The summed E-state index contributed by atoms with van der Waals surface area (Å²) in [6, 6.07) is 16.2. The van der Waals surface area contributed by atoms with Crippen LogP contribution in [0.3, 0.4) is 0 Å². The molecule has 0 spiro atoms. The Morgan fingerprint density at radius 2 is 1.25 bits per heavy atom. The van der Waals surface area contributed by atoms with E-state index in [9.17, 15) is 4.79 Å². The van der Waals surface area contributed by atoms with Crippen LogP contribution < -0.4 is 9.80 Å². The summed E-state index contributed by atoms with van der Waals surface area (Å²) in [4.78, 5) is 48.3. The van der Waals surface area contributed by atoms with E-state index < -0.39 is 11.4 Å². The highest BCUT2D eigenvalue weighted by molar-refractivity contribution is 8.04. The molecule has 48 heavy (non-hydrogen) atoms. The molecule has 0 saturated heterocycles. The molecule has 2 aliphatic rings. The van der Waals surface area contributed by atoms with E-state index in [1.54, 1.807) is 30.4 Å². The number of benzene rings is 2. The number of unbranched alkanes of at least 4 members (excludes halogenated alkanes) is 2. The third kappa shape index (κ3) is 9.66. The molecule has 10 nitrogen and oxygen atoms in total. The van der Waals surface area contributed by atoms with Crippen LogP contribution in [0.5, 0.6) is 0 Å². The number of ether oxygens (including phenoxy) is 1. The second-order valence-corrected chi connectivity index (χ2v) is 13.6. The van der Waals surface area contributed by atoms with Gasteiger partial charge in [0.05, 0.1) is 53.2 Å². The van der Waals surface area contributed by atoms with Crippen LogP contribution in [-0.4, -0.2) is 52.1 Å². The second kappa shape index (κ2) is 18.7. The van der Waals surface area contributed by atoms with Gasteiger partial charge in [0, 0.05) is 29.0 Å². The van der Waals surface area contributed by atoms with Crippen LogP contribution in [0.15, 0.2) is 92.4 Å². The van der Waals surface area contributed by atoms with E-state index in [1.807, 2.05) is 24.3 Å². The Morgan fingerprint density at radius 1 is 0.792 bits per heavy atom. The molecule has 0 N–H and O–H groups in total. The van der Waals surface area contributed by atoms with Crippen LogP contribution in [0.4, 0.5) is 11.4 Å². The minimum atomic E-state index is -0.882. The third-order valence-corrected chi connectivity index (χ3v) is 9.98. The number of esters is 1. The lowest BCUT2D eigenvalue weighted by molar-refractivity contribution is -0.336. The summed E-state index contributed by atoms with van der Waals surface area (Å²) < 4.78 is 5.33. The molecule has 254 valence electrons. The molecule has 2 aliphatic heterocycles. The van der Waals surface area contributed by atoms with Crippen molar-refractivity contribution in [1.82, 2.24) is 0 Å². The average Bonchev–Trinajstić information content (AvgIpc) is 3.67. The lowest BCUT2D eigenvalue weighted by Gasteiger charge is -2.27. The van der Waals surface area contributed by atoms with Gasteiger partial charge in [-0.25, -0.2) is 34.0 Å². The van der Waals surface area contributed by atoms with Crippen LogP contribution in [0.25, 0.3) is 9.69 Å². The number of fused-ring (bicyclic) bond motifs is 2. The lowest BCUT2D eigenvalue weighted by Crippen LogP contribution is -2.35. The fourth-order valence-corrected chi connectivity index (χ4v) is 7.17. The fourth-order valence-electron chi connectivity index (χ4n) is 4.85. The number of carbonyl (C=O) groups excluding carboxylic acids is 1. The highest BCUT2D eigenvalue weighted by atomic mass is 32.2. The van der Waals surface area contributed by atoms with E-state index >= 15 is 0 Å². The predicted octanol–water partition coefficient (Wildman–Crippen LogP) is 8.62. The minimum absolute atomic E-state index is 0.0267. The topological polar surface area (TPSA) is 78.4 Å². The van der Waals surface area contributed by atoms with Crippen molar-refractivity contribution >= 4 is 40.9 Å². The van der Waals surface area contributed by atoms with Gasteiger partial charge in [0.25, 0.3) is 0 Å². The van der Waals surface area contributed by atoms with Crippen molar-refractivity contribution in [3.8, 4) is 0 Å². The summed E-state index contributed by atoms with van der Waals surface area (Å²) in [6.45, 7) is 26.6. The highest BCUT2D eigenvalue weighted by Crippen LogP contribution is 2.48. The van der Waals surface area contributed by atoms with Gasteiger partial charge >= 0.3 is 5.97 Å². The summed E-state index contributed by atoms with van der Waals surface area (Å²) in [5.41, 5.74) is 2.16. The average molecular weight is 691 g/mol. The van der Waals surface area contributed by atoms with Crippen molar-refractivity contribution in [3.05, 3.63) is 105 Å². The first-order valence-corrected chi connectivity index (χ1v) is 17.6. The predicted molar refractivity (Wildman–Crippen MR) is 189 cm³/mol. The molecule has 2 heterocycles. The first-order valence-electron chi connectivity index (χ1n) is 16.0. The van der Waals surface area contributed by atoms with Gasteiger partial charge in [-0.2, -0.15) is 0 Å². The fraction of sp³-hybridized carbons (Fsp3) is 0.417. The molecule has 0 fully saturated rings. The van der Waals surface area contributed by atoms with E-state index in [0.29, 0.717) is 11.4 Å². The molecule has 2 aromatic carbocycles. The maximum atomic E-state index is 11.9. The van der Waals surface area contributed by atoms with E-state index in [-0.39, 0.29) is 33.0 Å². The number of thioether (sulfide) groups is 2. The SMILES string of the molecule is [C-]#[N+]/C(COOCC(C)(COOC/C([N+]#[C-])=C1\Sc2ccccc2N1CCCC)COC(=O)C=C)=C1/Sc2ccccc2N1CCCC. The first kappa shape index (κ1) is 37.1. The van der Waals surface area contributed by atoms with E-state index in [4.69, 9.17) is 37.4 Å². The zero-order valence-corrected chi connectivity index (χ0v) is 29.4. The van der Waals surface area contributed by atoms with E-state index in [0.717, 1.165) is 76.1 Å². The van der Waals surface area contributed by atoms with Crippen molar-refractivity contribution in [2.75, 3.05) is 55.9 Å². The molecule has 4 rings (SSSR count). The summed E-state index contributed by atoms with van der Waals surface area (Å²) >= 11 is 3.11. The molecule has 0 aromatic heterocycles. The largest absolute Gasteiger partial charge is 0.462 e.